The first-order chi connectivity index (χ1) is 46.5. The summed E-state index contributed by atoms with van der Waals surface area (Å²) in [7, 11) is 0. The van der Waals surface area contributed by atoms with E-state index in [9.17, 15) is 0 Å². The molecule has 0 saturated heterocycles. The Morgan fingerprint density at radius 2 is 0.667 bits per heavy atom. The fourth-order valence-corrected chi connectivity index (χ4v) is 17.5. The topological polar surface area (TPSA) is 47.5 Å². The zero-order chi connectivity index (χ0) is 65.0. The lowest BCUT2D eigenvalue weighted by Crippen LogP contribution is -2.18. The molecule has 0 fully saturated rings. The van der Waals surface area contributed by atoms with Gasteiger partial charge < -0.3 is 0 Å². The third kappa shape index (κ3) is 9.30. The van der Waals surface area contributed by atoms with Crippen molar-refractivity contribution >= 4 is 54.9 Å². The van der Waals surface area contributed by atoms with Gasteiger partial charge in [0.25, 0.3) is 0 Å². The normalized spacial score (nSPS) is 15.1. The zero-order valence-corrected chi connectivity index (χ0v) is 55.6. The summed E-state index contributed by atoms with van der Waals surface area (Å²) in [6, 6.07) is 94.9. The van der Waals surface area contributed by atoms with Gasteiger partial charge in [-0.25, -0.2) is 9.97 Å². The van der Waals surface area contributed by atoms with Gasteiger partial charge in [-0.1, -0.05) is 225 Å². The van der Waals surface area contributed by atoms with Crippen molar-refractivity contribution in [1.82, 2.24) is 23.8 Å². The lowest BCUT2D eigenvalue weighted by Gasteiger charge is -2.22. The summed E-state index contributed by atoms with van der Waals surface area (Å²) in [6.45, 7) is 19.1. The van der Waals surface area contributed by atoms with Crippen molar-refractivity contribution in [3.63, 3.8) is 0 Å². The molecule has 0 unspecified atom stereocenters. The number of hydrogen-bond donors (Lipinski definition) is 0. The van der Waals surface area contributed by atoms with Crippen molar-refractivity contribution < 1.29 is 0 Å². The Hall–Kier alpha value is -11.0. The molecule has 0 N–H and O–H groups in total. The van der Waals surface area contributed by atoms with E-state index in [0.29, 0.717) is 0 Å². The van der Waals surface area contributed by atoms with Gasteiger partial charge >= 0.3 is 0 Å². The molecule has 5 aromatic heterocycles. The number of benzene rings is 11. The summed E-state index contributed by atoms with van der Waals surface area (Å²) in [5.74, 6) is 0. The molecular weight excluding hydrogens is 1160 g/mol. The van der Waals surface area contributed by atoms with Crippen LogP contribution in [-0.2, 0) is 21.7 Å². The van der Waals surface area contributed by atoms with E-state index in [1.165, 1.54) is 44.4 Å². The maximum absolute atomic E-state index is 5.40. The molecule has 0 aliphatic heterocycles. The summed E-state index contributed by atoms with van der Waals surface area (Å²) < 4.78 is 4.61. The monoisotopic (exact) mass is 1240 g/mol. The van der Waals surface area contributed by atoms with Gasteiger partial charge in [0.1, 0.15) is 11.3 Å². The van der Waals surface area contributed by atoms with Crippen molar-refractivity contribution in [3.8, 4) is 100 Å². The van der Waals surface area contributed by atoms with Crippen LogP contribution in [0.15, 0.2) is 273 Å². The molecule has 0 saturated carbocycles. The first-order valence-corrected chi connectivity index (χ1v) is 34.0. The van der Waals surface area contributed by atoms with Crippen molar-refractivity contribution in [2.45, 2.75) is 89.9 Å². The van der Waals surface area contributed by atoms with Crippen LogP contribution in [0.2, 0.25) is 0 Å². The second-order valence-corrected chi connectivity index (χ2v) is 29.9. The van der Waals surface area contributed by atoms with Crippen molar-refractivity contribution in [2.75, 3.05) is 0 Å². The number of hydrogen-bond acceptors (Lipinski definition) is 3. The van der Waals surface area contributed by atoms with Crippen molar-refractivity contribution in [2.24, 2.45) is 0 Å². The van der Waals surface area contributed by atoms with Gasteiger partial charge in [0.05, 0.1) is 27.8 Å². The Labute approximate surface area is 561 Å². The standard InChI is InChI=1S/C91H73N5/c1-88(2)54-90(5,6)79-52-84-82(50-77(79)88)93-86-72-36-33-59(44-61(72)39-42-95(84)86)67-22-12-14-24-69(67)64-46-65(70-25-15-13-23-68(70)60-34-37-73-62(45-60)40-43-96-85-53-80-78(51-83(85)94-87(73)96)89(3,4)55-91(80,7)8)48-66(47-64)71-26-16-17-27-74(71)75-38-35-63(81-28-18-19-41-92-81)49-76(75)58-31-29-57(30-32-58)56-20-10-9-11-21-56/h9-53H,54-55H2,1-8H3. The van der Waals surface area contributed by atoms with Crippen LogP contribution < -0.4 is 0 Å². The Kier molecular flexibility index (Phi) is 12.8. The molecule has 0 amide bonds. The van der Waals surface area contributed by atoms with Crippen molar-refractivity contribution in [1.29, 1.82) is 0 Å². The predicted molar refractivity (Wildman–Crippen MR) is 402 cm³/mol. The highest BCUT2D eigenvalue weighted by Gasteiger charge is 2.44. The first-order valence-electron chi connectivity index (χ1n) is 34.0. The van der Waals surface area contributed by atoms with E-state index >= 15 is 0 Å². The van der Waals surface area contributed by atoms with E-state index in [2.05, 4.69) is 325 Å². The lowest BCUT2D eigenvalue weighted by molar-refractivity contribution is 0.403. The maximum atomic E-state index is 5.40. The van der Waals surface area contributed by atoms with E-state index in [1.807, 2.05) is 12.3 Å². The van der Waals surface area contributed by atoms with E-state index in [0.717, 1.165) is 146 Å². The number of imidazole rings is 2. The van der Waals surface area contributed by atoms with Gasteiger partial charge in [0.2, 0.25) is 0 Å². The molecule has 18 rings (SSSR count). The summed E-state index contributed by atoms with van der Waals surface area (Å²) in [6.07, 6.45) is 8.58. The number of nitrogens with zero attached hydrogens (tertiary/aromatic N) is 5. The van der Waals surface area contributed by atoms with Crippen LogP contribution in [0.3, 0.4) is 0 Å². The minimum Gasteiger partial charge on any atom is -0.299 e. The summed E-state index contributed by atoms with van der Waals surface area (Å²) >= 11 is 0. The minimum atomic E-state index is 0.0901. The molecule has 0 bridgehead atoms. The fourth-order valence-electron chi connectivity index (χ4n) is 17.5. The van der Waals surface area contributed by atoms with Crippen LogP contribution in [0.5, 0.6) is 0 Å². The van der Waals surface area contributed by atoms with Gasteiger partial charge in [-0.2, -0.15) is 0 Å². The van der Waals surface area contributed by atoms with Gasteiger partial charge in [0.15, 0.2) is 0 Å². The molecule has 5 nitrogen and oxygen atoms in total. The van der Waals surface area contributed by atoms with Gasteiger partial charge in [-0.3, -0.25) is 13.8 Å². The SMILES string of the molecule is CC1(C)CC(C)(C)c2cc3c(cc21)nc1c2ccc(-c4ccccc4-c4cc(-c5ccccc5-c5ccc6c(ccn7c8cc9c(cc8nc67)C(C)(C)CC9(C)C)c5)cc(-c5ccccc5-c5ccc(-c6ccccn6)cc5-c5ccc(-c6ccccc6)cc5)c4)cc2ccn31. The van der Waals surface area contributed by atoms with Crippen LogP contribution in [0.25, 0.3) is 155 Å². The van der Waals surface area contributed by atoms with Crippen LogP contribution in [-0.4, -0.2) is 23.8 Å². The first kappa shape index (κ1) is 57.6. The van der Waals surface area contributed by atoms with Gasteiger partial charge in [-0.15, -0.1) is 0 Å². The summed E-state index contributed by atoms with van der Waals surface area (Å²) in [5, 5.41) is 4.59. The second-order valence-electron chi connectivity index (χ2n) is 29.9. The molecule has 5 heteroatoms. The molecule has 2 aliphatic carbocycles. The molecule has 5 heterocycles. The van der Waals surface area contributed by atoms with Crippen LogP contribution in [0, 0.1) is 0 Å². The molecule has 11 aromatic carbocycles. The summed E-state index contributed by atoms with van der Waals surface area (Å²) in [5.41, 5.74) is 32.9. The lowest BCUT2D eigenvalue weighted by atomic mass is 9.82. The number of aromatic nitrogens is 5. The molecule has 0 spiro atoms. The maximum Gasteiger partial charge on any atom is 0.145 e. The molecule has 16 aromatic rings. The Morgan fingerprint density at radius 1 is 0.281 bits per heavy atom. The fraction of sp³-hybridized carbons (Fsp3) is 0.154. The number of rotatable bonds is 9. The highest BCUT2D eigenvalue weighted by Crippen LogP contribution is 2.53. The molecule has 0 atom stereocenters. The highest BCUT2D eigenvalue weighted by molar-refractivity contribution is 6.04. The van der Waals surface area contributed by atoms with E-state index in [1.54, 1.807) is 0 Å². The zero-order valence-electron chi connectivity index (χ0n) is 55.6. The van der Waals surface area contributed by atoms with Crippen LogP contribution >= 0.6 is 0 Å². The Bertz CT molecular complexity index is 5630. The second kappa shape index (κ2) is 21.3. The molecular formula is C91H73N5. The van der Waals surface area contributed by atoms with Gasteiger partial charge in [-0.05, 0) is 241 Å². The van der Waals surface area contributed by atoms with Crippen LogP contribution in [0.1, 0.15) is 90.5 Å². The van der Waals surface area contributed by atoms with E-state index in [-0.39, 0.29) is 21.7 Å². The molecule has 0 radical (unpaired) electrons. The summed E-state index contributed by atoms with van der Waals surface area (Å²) in [4.78, 5) is 15.6. The largest absolute Gasteiger partial charge is 0.299 e. The molecule has 96 heavy (non-hydrogen) atoms. The molecule has 2 aliphatic rings. The third-order valence-electron chi connectivity index (χ3n) is 21.6. The average Bonchev–Trinajstić information content (AvgIpc) is 1.56. The predicted octanol–water partition coefficient (Wildman–Crippen LogP) is 23.9. The quantitative estimate of drug-likeness (QED) is 0.145. The third-order valence-corrected chi connectivity index (χ3v) is 21.6. The number of fused-ring (bicyclic) bond motifs is 12. The highest BCUT2D eigenvalue weighted by atomic mass is 15.0. The average molecular weight is 1240 g/mol. The molecule has 462 valence electrons. The van der Waals surface area contributed by atoms with E-state index < -0.39 is 0 Å². The van der Waals surface area contributed by atoms with Crippen molar-refractivity contribution in [3.05, 3.63) is 296 Å². The number of pyridine rings is 3. The minimum absolute atomic E-state index is 0.0901. The Morgan fingerprint density at radius 3 is 1.15 bits per heavy atom. The van der Waals surface area contributed by atoms with Gasteiger partial charge in [0, 0.05) is 34.9 Å². The Balaban J connectivity index is 0.802. The van der Waals surface area contributed by atoms with E-state index in [4.69, 9.17) is 15.0 Å². The smallest absolute Gasteiger partial charge is 0.145 e. The van der Waals surface area contributed by atoms with Crippen LogP contribution in [0.4, 0.5) is 0 Å².